The molecule has 1 saturated carbocycles. The molecule has 0 bridgehead atoms. The van der Waals surface area contributed by atoms with Crippen molar-refractivity contribution in [2.24, 2.45) is 5.92 Å². The highest BCUT2D eigenvalue weighted by atomic mass is 28.3. The van der Waals surface area contributed by atoms with Crippen LogP contribution in [0, 0.1) is 23.1 Å². The van der Waals surface area contributed by atoms with Gasteiger partial charge in [-0.25, -0.2) is 4.39 Å². The van der Waals surface area contributed by atoms with Crippen LogP contribution in [0.1, 0.15) is 75.3 Å². The highest BCUT2D eigenvalue weighted by molar-refractivity contribution is 6.60. The van der Waals surface area contributed by atoms with Gasteiger partial charge in [-0.05, 0) is 59.0 Å². The molecule has 1 nitrogen and oxygen atoms in total. The third kappa shape index (κ3) is 4.86. The summed E-state index contributed by atoms with van der Waals surface area (Å²) < 4.78 is 13.9. The van der Waals surface area contributed by atoms with Crippen molar-refractivity contribution in [1.82, 2.24) is 0 Å². The Bertz CT molecular complexity index is 869. The van der Waals surface area contributed by atoms with Crippen LogP contribution in [0.4, 0.5) is 4.39 Å². The Labute approximate surface area is 182 Å². The second-order valence-corrected chi connectivity index (χ2v) is 12.5. The first-order valence-corrected chi connectivity index (χ1v) is 13.8. The Morgan fingerprint density at radius 3 is 2.20 bits per heavy atom. The smallest absolute Gasteiger partial charge is 0.141 e. The molecule has 2 aromatic carbocycles. The fourth-order valence-electron chi connectivity index (χ4n) is 5.73. The van der Waals surface area contributed by atoms with E-state index in [1.54, 1.807) is 6.07 Å². The number of nitrogens with zero attached hydrogens (tertiary/aromatic N) is 1. The first-order valence-electron chi connectivity index (χ1n) is 11.8. The van der Waals surface area contributed by atoms with Gasteiger partial charge in [-0.15, -0.1) is 0 Å². The molecule has 1 heterocycles. The normalized spacial score (nSPS) is 23.2. The quantitative estimate of drug-likeness (QED) is 0.450. The fraction of sp³-hybridized carbons (Fsp3) is 0.519. The van der Waals surface area contributed by atoms with Crippen LogP contribution >= 0.6 is 0 Å². The van der Waals surface area contributed by atoms with Gasteiger partial charge in [0.15, 0.2) is 0 Å². The van der Waals surface area contributed by atoms with Crippen molar-refractivity contribution in [3.05, 3.63) is 59.4 Å². The summed E-state index contributed by atoms with van der Waals surface area (Å²) in [6.07, 6.45) is 11.5. The summed E-state index contributed by atoms with van der Waals surface area (Å²) in [5, 5.41) is 8.91. The van der Waals surface area contributed by atoms with Gasteiger partial charge in [-0.1, -0.05) is 87.9 Å². The second kappa shape index (κ2) is 9.92. The number of benzene rings is 2. The number of halogens is 1. The van der Waals surface area contributed by atoms with Crippen molar-refractivity contribution < 1.29 is 4.39 Å². The van der Waals surface area contributed by atoms with Gasteiger partial charge in [0.2, 0.25) is 0 Å². The summed E-state index contributed by atoms with van der Waals surface area (Å²) in [5.74, 6) is 1.28. The Hall–Kier alpha value is -1.92. The molecule has 1 saturated heterocycles. The van der Waals surface area contributed by atoms with Crippen molar-refractivity contribution in [1.29, 1.82) is 5.26 Å². The zero-order valence-electron chi connectivity index (χ0n) is 18.2. The van der Waals surface area contributed by atoms with Gasteiger partial charge < -0.3 is 0 Å². The minimum atomic E-state index is -0.440. The van der Waals surface area contributed by atoms with E-state index in [4.69, 9.17) is 5.26 Å². The van der Waals surface area contributed by atoms with Gasteiger partial charge in [0.25, 0.3) is 0 Å². The van der Waals surface area contributed by atoms with E-state index in [0.29, 0.717) is 5.92 Å². The number of hydrogen-bond donors (Lipinski definition) is 0. The molecule has 157 valence electrons. The molecule has 3 heteroatoms. The largest absolute Gasteiger partial charge is 0.206 e. The van der Waals surface area contributed by atoms with Crippen molar-refractivity contribution in [2.75, 3.05) is 0 Å². The monoisotopic (exact) mass is 418 g/mol. The molecule has 0 amide bonds. The number of hydrogen-bond acceptors (Lipinski definition) is 1. The maximum absolute atomic E-state index is 13.9. The highest BCUT2D eigenvalue weighted by Crippen LogP contribution is 2.44. The average molecular weight is 419 g/mol. The first-order chi connectivity index (χ1) is 14.7. The maximum Gasteiger partial charge on any atom is 0.141 e. The first kappa shape index (κ1) is 21.3. The molecular weight excluding hydrogens is 385 g/mol. The third-order valence-electron chi connectivity index (χ3n) is 7.55. The van der Waals surface area contributed by atoms with E-state index in [1.165, 1.54) is 75.1 Å². The van der Waals surface area contributed by atoms with Crippen molar-refractivity contribution in [3.63, 3.8) is 0 Å². The SMILES string of the molecule is CCCC1CCC([Si]2CCC(c3ccc(-c4ccc(C#N)c(F)c4)cc3)CC2)CC1. The Morgan fingerprint density at radius 1 is 0.933 bits per heavy atom. The summed E-state index contributed by atoms with van der Waals surface area (Å²) in [7, 11) is -0.156. The van der Waals surface area contributed by atoms with Gasteiger partial charge in [0, 0.05) is 0 Å². The molecule has 0 N–H and O–H groups in total. The molecule has 2 fully saturated rings. The van der Waals surface area contributed by atoms with E-state index < -0.39 is 5.82 Å². The number of nitriles is 1. The lowest BCUT2D eigenvalue weighted by Crippen LogP contribution is -2.29. The molecule has 30 heavy (non-hydrogen) atoms. The van der Waals surface area contributed by atoms with Crippen LogP contribution in [-0.4, -0.2) is 8.80 Å². The predicted octanol–water partition coefficient (Wildman–Crippen LogP) is 8.10. The maximum atomic E-state index is 13.9. The molecule has 0 atom stereocenters. The summed E-state index contributed by atoms with van der Waals surface area (Å²) in [4.78, 5) is 0. The van der Waals surface area contributed by atoms with Gasteiger partial charge in [-0.3, -0.25) is 0 Å². The molecule has 2 aliphatic rings. The van der Waals surface area contributed by atoms with Crippen LogP contribution in [0.15, 0.2) is 42.5 Å². The van der Waals surface area contributed by atoms with Crippen molar-refractivity contribution in [3.8, 4) is 17.2 Å². The van der Waals surface area contributed by atoms with Crippen LogP contribution in [0.3, 0.4) is 0 Å². The molecule has 4 rings (SSSR count). The fourth-order valence-corrected chi connectivity index (χ4v) is 9.39. The van der Waals surface area contributed by atoms with E-state index in [0.717, 1.165) is 22.6 Å². The summed E-state index contributed by atoms with van der Waals surface area (Å²) in [5.41, 5.74) is 4.49. The Morgan fingerprint density at radius 2 is 1.60 bits per heavy atom. The van der Waals surface area contributed by atoms with Crippen molar-refractivity contribution in [2.45, 2.75) is 81.8 Å². The van der Waals surface area contributed by atoms with E-state index in [9.17, 15) is 4.39 Å². The van der Waals surface area contributed by atoms with E-state index in [2.05, 4.69) is 31.2 Å². The van der Waals surface area contributed by atoms with Gasteiger partial charge in [-0.2, -0.15) is 5.26 Å². The van der Waals surface area contributed by atoms with E-state index in [-0.39, 0.29) is 14.4 Å². The van der Waals surface area contributed by atoms with Crippen LogP contribution in [-0.2, 0) is 0 Å². The molecule has 0 spiro atoms. The third-order valence-corrected chi connectivity index (χ3v) is 11.1. The Balaban J connectivity index is 1.32. The standard InChI is InChI=1S/C27H33FNSi/c1-2-3-20-4-12-26(13-5-20)30-16-14-23(15-17-30)21-6-8-22(9-7-21)24-10-11-25(19-29)27(28)18-24/h6-11,18,20,23,26H,2-5,12-17H2,1H3. The van der Waals surface area contributed by atoms with E-state index >= 15 is 0 Å². The minimum absolute atomic E-state index is 0.106. The van der Waals surface area contributed by atoms with Crippen LogP contribution in [0.2, 0.25) is 17.6 Å². The summed E-state index contributed by atoms with van der Waals surface area (Å²) in [6.45, 7) is 2.33. The van der Waals surface area contributed by atoms with Crippen LogP contribution < -0.4 is 0 Å². The van der Waals surface area contributed by atoms with E-state index in [1.807, 2.05) is 12.1 Å². The second-order valence-electron chi connectivity index (χ2n) is 9.37. The molecule has 1 aliphatic carbocycles. The lowest BCUT2D eigenvalue weighted by Gasteiger charge is -2.37. The predicted molar refractivity (Wildman–Crippen MR) is 125 cm³/mol. The summed E-state index contributed by atoms with van der Waals surface area (Å²) in [6, 6.07) is 18.4. The van der Waals surface area contributed by atoms with Gasteiger partial charge in [0.1, 0.15) is 11.9 Å². The average Bonchev–Trinajstić information content (AvgIpc) is 2.80. The molecule has 0 unspecified atom stereocenters. The molecule has 2 aromatic rings. The van der Waals surface area contributed by atoms with Gasteiger partial charge >= 0.3 is 0 Å². The van der Waals surface area contributed by atoms with Crippen molar-refractivity contribution >= 4 is 8.80 Å². The topological polar surface area (TPSA) is 23.8 Å². The molecule has 1 radical (unpaired) electrons. The van der Waals surface area contributed by atoms with Crippen LogP contribution in [0.5, 0.6) is 0 Å². The number of rotatable bonds is 5. The molecule has 1 aliphatic heterocycles. The lowest BCUT2D eigenvalue weighted by atomic mass is 9.86. The minimum Gasteiger partial charge on any atom is -0.206 e. The molecule has 0 aromatic heterocycles. The zero-order chi connectivity index (χ0) is 20.9. The van der Waals surface area contributed by atoms with Crippen LogP contribution in [0.25, 0.3) is 11.1 Å². The lowest BCUT2D eigenvalue weighted by molar-refractivity contribution is 0.332. The Kier molecular flexibility index (Phi) is 7.05. The molecular formula is C27H33FNSi. The van der Waals surface area contributed by atoms with Gasteiger partial charge in [0.05, 0.1) is 14.4 Å². The zero-order valence-corrected chi connectivity index (χ0v) is 19.2. The highest BCUT2D eigenvalue weighted by Gasteiger charge is 2.32. The summed E-state index contributed by atoms with van der Waals surface area (Å²) >= 11 is 0.